The zero-order valence-electron chi connectivity index (χ0n) is 18.8. The van der Waals surface area contributed by atoms with Crippen LogP contribution >= 0.6 is 11.3 Å². The van der Waals surface area contributed by atoms with Gasteiger partial charge in [-0.1, -0.05) is 30.3 Å². The lowest BCUT2D eigenvalue weighted by molar-refractivity contribution is 0.0461. The van der Waals surface area contributed by atoms with Crippen LogP contribution in [0.25, 0.3) is 26.7 Å². The van der Waals surface area contributed by atoms with E-state index in [2.05, 4.69) is 4.98 Å². The van der Waals surface area contributed by atoms with E-state index in [-0.39, 0.29) is 12.2 Å². The van der Waals surface area contributed by atoms with Gasteiger partial charge in [0.2, 0.25) is 0 Å². The summed E-state index contributed by atoms with van der Waals surface area (Å²) >= 11 is 1.49. The predicted molar refractivity (Wildman–Crippen MR) is 134 cm³/mol. The van der Waals surface area contributed by atoms with Crippen LogP contribution in [-0.4, -0.2) is 39.1 Å². The maximum Gasteiger partial charge on any atom is 0.340 e. The first-order valence-electron chi connectivity index (χ1n) is 10.3. The van der Waals surface area contributed by atoms with E-state index in [1.807, 2.05) is 54.9 Å². The molecule has 5 rings (SSSR count). The standard InChI is InChI=1S/C23H17N3O3S.CH4O3S/c1-25-11-9-24-19(25)14-29-23(28)18-13-17(15-5-3-2-4-6-15)22(27)26-10-7-16-8-12-30-21(16)20(18)26;1-5(2,3)4/h2-13H,14H2,1H3;1H3,(H,2,3,4). The van der Waals surface area contributed by atoms with Crippen LogP contribution in [0, 0.1) is 0 Å². The second kappa shape index (κ2) is 9.82. The maximum atomic E-state index is 13.3. The summed E-state index contributed by atoms with van der Waals surface area (Å²) in [6.45, 7) is 0.0503. The Balaban J connectivity index is 0.000000527. The second-order valence-electron chi connectivity index (χ2n) is 7.65. The number of carbonyl (C=O) groups is 1. The van der Waals surface area contributed by atoms with Crippen molar-refractivity contribution in [3.63, 3.8) is 0 Å². The highest BCUT2D eigenvalue weighted by atomic mass is 32.2. The van der Waals surface area contributed by atoms with Crippen LogP contribution in [0.2, 0.25) is 0 Å². The summed E-state index contributed by atoms with van der Waals surface area (Å²) in [5, 5.41) is 2.92. The van der Waals surface area contributed by atoms with Gasteiger partial charge in [-0.3, -0.25) is 13.7 Å². The van der Waals surface area contributed by atoms with Crippen molar-refractivity contribution in [2.24, 2.45) is 7.05 Å². The van der Waals surface area contributed by atoms with E-state index in [0.29, 0.717) is 28.7 Å². The molecule has 4 heterocycles. The lowest BCUT2D eigenvalue weighted by Crippen LogP contribution is -2.20. The number of thiophene rings is 1. The Kier molecular flexibility index (Phi) is 6.83. The molecule has 11 heteroatoms. The lowest BCUT2D eigenvalue weighted by Gasteiger charge is -2.12. The van der Waals surface area contributed by atoms with Gasteiger partial charge in [-0.15, -0.1) is 11.3 Å². The minimum atomic E-state index is -3.67. The fourth-order valence-electron chi connectivity index (χ4n) is 3.53. The predicted octanol–water partition coefficient (Wildman–Crippen LogP) is 3.78. The number of pyridine rings is 2. The summed E-state index contributed by atoms with van der Waals surface area (Å²) < 4.78 is 35.7. The molecule has 35 heavy (non-hydrogen) atoms. The maximum absolute atomic E-state index is 13.3. The van der Waals surface area contributed by atoms with E-state index in [4.69, 9.17) is 9.29 Å². The Labute approximate surface area is 204 Å². The highest BCUT2D eigenvalue weighted by Gasteiger charge is 2.20. The fraction of sp³-hybridized carbons (Fsp3) is 0.125. The van der Waals surface area contributed by atoms with E-state index in [9.17, 15) is 18.0 Å². The average Bonchev–Trinajstić information content (AvgIpc) is 3.46. The van der Waals surface area contributed by atoms with E-state index in [1.54, 1.807) is 33.6 Å². The van der Waals surface area contributed by atoms with Gasteiger partial charge in [0.15, 0.2) is 0 Å². The number of aryl methyl sites for hydroxylation is 1. The number of carbonyl (C=O) groups excluding carboxylic acids is 1. The van der Waals surface area contributed by atoms with E-state index in [0.717, 1.165) is 15.6 Å². The minimum absolute atomic E-state index is 0.0503. The first-order chi connectivity index (χ1) is 16.6. The highest BCUT2D eigenvalue weighted by Crippen LogP contribution is 2.29. The van der Waals surface area contributed by atoms with Gasteiger partial charge < -0.3 is 9.30 Å². The molecule has 0 radical (unpaired) electrons. The molecule has 0 fully saturated rings. The van der Waals surface area contributed by atoms with Crippen LogP contribution in [0.1, 0.15) is 16.2 Å². The number of rotatable bonds is 4. The summed E-state index contributed by atoms with van der Waals surface area (Å²) in [5.41, 5.74) is 1.95. The summed E-state index contributed by atoms with van der Waals surface area (Å²) in [5.74, 6) is 0.152. The minimum Gasteiger partial charge on any atom is -0.454 e. The molecule has 0 spiro atoms. The number of esters is 1. The highest BCUT2D eigenvalue weighted by molar-refractivity contribution is 7.85. The number of hydrogen-bond donors (Lipinski definition) is 1. The Morgan fingerprint density at radius 3 is 2.51 bits per heavy atom. The molecule has 0 aliphatic heterocycles. The molecular formula is C24H21N3O6S2. The van der Waals surface area contributed by atoms with Crippen molar-refractivity contribution in [3.05, 3.63) is 94.2 Å². The Hall–Kier alpha value is -3.80. The van der Waals surface area contributed by atoms with Crippen molar-refractivity contribution in [1.82, 2.24) is 14.0 Å². The first kappa shape index (κ1) is 24.3. The smallest absolute Gasteiger partial charge is 0.340 e. The van der Waals surface area contributed by atoms with Gasteiger partial charge in [0, 0.05) is 31.2 Å². The quantitative estimate of drug-likeness (QED) is 0.288. The summed E-state index contributed by atoms with van der Waals surface area (Å²) in [6.07, 6.45) is 5.88. The van der Waals surface area contributed by atoms with Gasteiger partial charge in [0.05, 0.1) is 22.0 Å². The van der Waals surface area contributed by atoms with Crippen molar-refractivity contribution in [1.29, 1.82) is 0 Å². The molecule has 5 aromatic rings. The third kappa shape index (κ3) is 5.48. The molecule has 1 aromatic carbocycles. The Bertz CT molecular complexity index is 1680. The van der Waals surface area contributed by atoms with E-state index < -0.39 is 16.1 Å². The molecule has 0 saturated carbocycles. The molecule has 9 nitrogen and oxygen atoms in total. The van der Waals surface area contributed by atoms with Crippen molar-refractivity contribution < 1.29 is 22.5 Å². The van der Waals surface area contributed by atoms with Crippen LogP contribution in [0.4, 0.5) is 0 Å². The number of ether oxygens (including phenoxy) is 1. The van der Waals surface area contributed by atoms with Crippen molar-refractivity contribution in [3.8, 4) is 11.1 Å². The molecule has 180 valence electrons. The van der Waals surface area contributed by atoms with Gasteiger partial charge in [-0.2, -0.15) is 8.42 Å². The number of nitrogens with zero attached hydrogens (tertiary/aromatic N) is 3. The number of benzene rings is 1. The fourth-order valence-corrected chi connectivity index (χ4v) is 4.47. The normalized spacial score (nSPS) is 11.3. The first-order valence-corrected chi connectivity index (χ1v) is 13.0. The van der Waals surface area contributed by atoms with Crippen molar-refractivity contribution in [2.75, 3.05) is 6.26 Å². The molecule has 4 aromatic heterocycles. The topological polar surface area (TPSA) is 120 Å². The Morgan fingerprint density at radius 1 is 1.14 bits per heavy atom. The third-order valence-corrected chi connectivity index (χ3v) is 6.04. The third-order valence-electron chi connectivity index (χ3n) is 5.11. The zero-order chi connectivity index (χ0) is 25.2. The van der Waals surface area contributed by atoms with Gasteiger partial charge in [0.25, 0.3) is 15.7 Å². The van der Waals surface area contributed by atoms with Gasteiger partial charge in [-0.05, 0) is 34.5 Å². The second-order valence-corrected chi connectivity index (χ2v) is 10.0. The van der Waals surface area contributed by atoms with E-state index in [1.165, 1.54) is 11.3 Å². The summed E-state index contributed by atoms with van der Waals surface area (Å²) in [4.78, 5) is 30.6. The molecule has 0 unspecified atom stereocenters. The monoisotopic (exact) mass is 511 g/mol. The summed E-state index contributed by atoms with van der Waals surface area (Å²) in [7, 11) is -1.82. The van der Waals surface area contributed by atoms with Crippen LogP contribution in [0.5, 0.6) is 0 Å². The number of hydrogen-bond acceptors (Lipinski definition) is 7. The molecule has 0 atom stereocenters. The summed E-state index contributed by atoms with van der Waals surface area (Å²) in [6, 6.07) is 14.8. The largest absolute Gasteiger partial charge is 0.454 e. The molecule has 0 saturated heterocycles. The number of imidazole rings is 1. The van der Waals surface area contributed by atoms with Gasteiger partial charge in [-0.25, -0.2) is 9.78 Å². The molecular weight excluding hydrogens is 490 g/mol. The van der Waals surface area contributed by atoms with Crippen LogP contribution < -0.4 is 5.56 Å². The number of aromatic nitrogens is 3. The molecule has 0 amide bonds. The Morgan fingerprint density at radius 2 is 1.86 bits per heavy atom. The van der Waals surface area contributed by atoms with E-state index >= 15 is 0 Å². The molecule has 1 N–H and O–H groups in total. The van der Waals surface area contributed by atoms with Crippen molar-refractivity contribution >= 4 is 43.0 Å². The lowest BCUT2D eigenvalue weighted by atomic mass is 10.0. The van der Waals surface area contributed by atoms with Crippen molar-refractivity contribution in [2.45, 2.75) is 6.61 Å². The number of fused-ring (bicyclic) bond motifs is 3. The van der Waals surface area contributed by atoms with Gasteiger partial charge >= 0.3 is 5.97 Å². The van der Waals surface area contributed by atoms with Gasteiger partial charge in [0.1, 0.15) is 12.4 Å². The molecule has 0 bridgehead atoms. The molecule has 0 aliphatic rings. The van der Waals surface area contributed by atoms with Crippen LogP contribution in [0.3, 0.4) is 0 Å². The van der Waals surface area contributed by atoms with Crippen LogP contribution in [0.15, 0.2) is 77.3 Å². The molecule has 0 aliphatic carbocycles. The SMILES string of the molecule is CS(=O)(=O)O.Cn1ccnc1COC(=O)c1cc(-c2ccccc2)c(=O)n2ccc3ccsc3c12. The van der Waals surface area contributed by atoms with Crippen LogP contribution in [-0.2, 0) is 28.5 Å². The average molecular weight is 512 g/mol. The zero-order valence-corrected chi connectivity index (χ0v) is 20.4.